The summed E-state index contributed by atoms with van der Waals surface area (Å²) in [5, 5.41) is 0. The van der Waals surface area contributed by atoms with Gasteiger partial charge in [0.15, 0.2) is 5.41 Å². The van der Waals surface area contributed by atoms with Gasteiger partial charge >= 0.3 is 0 Å². The third-order valence-electron chi connectivity index (χ3n) is 7.00. The lowest BCUT2D eigenvalue weighted by Gasteiger charge is -2.64. The molecule has 0 aliphatic carbocycles. The fourth-order valence-corrected chi connectivity index (χ4v) is 6.81. The molecule has 1 fully saturated rings. The van der Waals surface area contributed by atoms with Crippen LogP contribution >= 0.6 is 11.8 Å². The Kier molecular flexibility index (Phi) is 7.18. The SMILES string of the molecule is CCSC12C(N(CC)CC)=C(N(CC)CC)C(Cc3ccccc3)(C(=O)N1C)C(=O)N2C. The normalized spacial score (nSPS) is 25.1. The van der Waals surface area contributed by atoms with Crippen LogP contribution in [0.25, 0.3) is 0 Å². The van der Waals surface area contributed by atoms with E-state index >= 15 is 0 Å². The number of rotatable bonds is 10. The van der Waals surface area contributed by atoms with Gasteiger partial charge in [-0.2, -0.15) is 0 Å². The first-order chi connectivity index (χ1) is 15.3. The zero-order valence-corrected chi connectivity index (χ0v) is 21.5. The van der Waals surface area contributed by atoms with Crippen LogP contribution in [0.3, 0.4) is 0 Å². The smallest absolute Gasteiger partial charge is 0.247 e. The predicted octanol–water partition coefficient (Wildman–Crippen LogP) is 3.46. The van der Waals surface area contributed by atoms with Gasteiger partial charge in [-0.3, -0.25) is 9.59 Å². The Bertz CT molecular complexity index is 855. The van der Waals surface area contributed by atoms with Gasteiger partial charge in [0.1, 0.15) is 0 Å². The van der Waals surface area contributed by atoms with Gasteiger partial charge in [-0.15, -0.1) is 11.8 Å². The molecular weight excluding hydrogens is 420 g/mol. The summed E-state index contributed by atoms with van der Waals surface area (Å²) < 4.78 is 0. The van der Waals surface area contributed by atoms with E-state index in [0.717, 1.165) is 48.9 Å². The number of nitrogens with zero attached hydrogens (tertiary/aromatic N) is 4. The molecule has 4 rings (SSSR count). The van der Waals surface area contributed by atoms with Crippen LogP contribution in [0.4, 0.5) is 0 Å². The summed E-state index contributed by atoms with van der Waals surface area (Å²) in [4.78, 5) is 35.9. The maximum absolute atomic E-state index is 14.2. The van der Waals surface area contributed by atoms with Crippen molar-refractivity contribution in [2.24, 2.45) is 5.41 Å². The van der Waals surface area contributed by atoms with Gasteiger partial charge in [-0.05, 0) is 39.0 Å². The zero-order valence-electron chi connectivity index (χ0n) is 20.6. The number of amides is 2. The second-order valence-electron chi connectivity index (χ2n) is 8.38. The van der Waals surface area contributed by atoms with Crippen LogP contribution < -0.4 is 0 Å². The Balaban J connectivity index is 2.46. The summed E-state index contributed by atoms with van der Waals surface area (Å²) in [7, 11) is 3.74. The molecule has 1 aromatic carbocycles. The van der Waals surface area contributed by atoms with Gasteiger partial charge < -0.3 is 19.6 Å². The molecule has 1 aromatic rings. The maximum atomic E-state index is 14.2. The standard InChI is InChI=1S/C25H38N4O2S/c1-8-28(9-2)20-21(29(10-3)11-4)25(32-12-5)26(6)22(30)24(20,23(31)27(25)7)18-19-16-14-13-15-17-19/h13-17H,8-12,18H2,1-7H3. The summed E-state index contributed by atoms with van der Waals surface area (Å²) in [6.45, 7) is 13.7. The molecule has 0 aromatic heterocycles. The lowest BCUT2D eigenvalue weighted by molar-refractivity contribution is -0.177. The zero-order chi connectivity index (χ0) is 23.7. The van der Waals surface area contributed by atoms with Crippen molar-refractivity contribution in [1.29, 1.82) is 0 Å². The van der Waals surface area contributed by atoms with Crippen LogP contribution in [0.15, 0.2) is 41.7 Å². The second kappa shape index (κ2) is 9.38. The highest BCUT2D eigenvalue weighted by atomic mass is 32.2. The fraction of sp³-hybridized carbons (Fsp3) is 0.600. The van der Waals surface area contributed by atoms with Crippen molar-refractivity contribution in [1.82, 2.24) is 19.6 Å². The van der Waals surface area contributed by atoms with Crippen molar-refractivity contribution < 1.29 is 9.59 Å². The lowest BCUT2D eigenvalue weighted by atomic mass is 9.68. The summed E-state index contributed by atoms with van der Waals surface area (Å²) >= 11 is 1.66. The van der Waals surface area contributed by atoms with Gasteiger partial charge in [0.25, 0.3) is 0 Å². The monoisotopic (exact) mass is 458 g/mol. The molecule has 0 radical (unpaired) electrons. The molecular formula is C25H38N4O2S. The number of carbonyl (C=O) groups is 2. The number of thioether (sulfide) groups is 1. The lowest BCUT2D eigenvalue weighted by Crippen LogP contribution is -2.79. The topological polar surface area (TPSA) is 47.1 Å². The van der Waals surface area contributed by atoms with Crippen molar-refractivity contribution >= 4 is 23.6 Å². The first-order valence-corrected chi connectivity index (χ1v) is 12.8. The van der Waals surface area contributed by atoms with E-state index in [1.165, 1.54) is 0 Å². The minimum atomic E-state index is -1.26. The minimum absolute atomic E-state index is 0.0943. The molecule has 3 aliphatic rings. The van der Waals surface area contributed by atoms with Crippen molar-refractivity contribution in [2.45, 2.75) is 46.0 Å². The number of benzene rings is 1. The Labute approximate surface area is 197 Å². The molecule has 0 saturated carbocycles. The van der Waals surface area contributed by atoms with E-state index < -0.39 is 10.4 Å². The molecule has 2 bridgehead atoms. The number of fused-ring (bicyclic) bond motifs is 2. The summed E-state index contributed by atoms with van der Waals surface area (Å²) in [5.41, 5.74) is 1.74. The van der Waals surface area contributed by atoms with E-state index in [1.54, 1.807) is 11.8 Å². The first kappa shape index (κ1) is 24.5. The molecule has 7 heteroatoms. The van der Waals surface area contributed by atoms with Gasteiger partial charge in [0.2, 0.25) is 16.8 Å². The van der Waals surface area contributed by atoms with E-state index in [9.17, 15) is 9.59 Å². The molecule has 3 heterocycles. The largest absolute Gasteiger partial charge is 0.372 e. The molecule has 0 N–H and O–H groups in total. The van der Waals surface area contributed by atoms with Crippen LogP contribution in [-0.4, -0.2) is 82.4 Å². The van der Waals surface area contributed by atoms with Crippen LogP contribution in [0.2, 0.25) is 0 Å². The second-order valence-corrected chi connectivity index (χ2v) is 9.81. The maximum Gasteiger partial charge on any atom is 0.247 e. The Morgan fingerprint density at radius 1 is 0.781 bits per heavy atom. The number of hydrogen-bond donors (Lipinski definition) is 0. The predicted molar refractivity (Wildman–Crippen MR) is 132 cm³/mol. The van der Waals surface area contributed by atoms with Crippen molar-refractivity contribution in [3.63, 3.8) is 0 Å². The van der Waals surface area contributed by atoms with Crippen LogP contribution in [0, 0.1) is 5.41 Å². The summed E-state index contributed by atoms with van der Waals surface area (Å²) in [6, 6.07) is 9.95. The molecule has 6 nitrogen and oxygen atoms in total. The van der Waals surface area contributed by atoms with Gasteiger partial charge in [0, 0.05) is 46.7 Å². The van der Waals surface area contributed by atoms with E-state index in [1.807, 2.05) is 54.2 Å². The van der Waals surface area contributed by atoms with Gasteiger partial charge in [-0.1, -0.05) is 37.3 Å². The third kappa shape index (κ3) is 3.23. The number of likely N-dealkylation sites (N-methyl/N-ethyl adjacent to an activating group) is 3. The Morgan fingerprint density at radius 2 is 1.25 bits per heavy atom. The number of hydrogen-bond acceptors (Lipinski definition) is 5. The molecule has 0 spiro atoms. The molecule has 176 valence electrons. The molecule has 1 saturated heterocycles. The van der Waals surface area contributed by atoms with Crippen molar-refractivity contribution in [3.8, 4) is 0 Å². The molecule has 0 atom stereocenters. The third-order valence-corrected chi connectivity index (χ3v) is 8.44. The quantitative estimate of drug-likeness (QED) is 0.503. The van der Waals surface area contributed by atoms with Gasteiger partial charge in [0.05, 0.1) is 11.4 Å². The van der Waals surface area contributed by atoms with E-state index in [2.05, 4.69) is 44.4 Å². The highest BCUT2D eigenvalue weighted by Crippen LogP contribution is 2.58. The van der Waals surface area contributed by atoms with Crippen LogP contribution in [0.5, 0.6) is 0 Å². The highest BCUT2D eigenvalue weighted by Gasteiger charge is 2.71. The number of carbonyl (C=O) groups excluding carboxylic acids is 2. The van der Waals surface area contributed by atoms with E-state index in [-0.39, 0.29) is 11.8 Å². The first-order valence-electron chi connectivity index (χ1n) is 11.8. The molecule has 2 amide bonds. The van der Waals surface area contributed by atoms with Crippen LogP contribution in [-0.2, 0) is 16.0 Å². The molecule has 0 unspecified atom stereocenters. The molecule has 32 heavy (non-hydrogen) atoms. The summed E-state index contributed by atoms with van der Waals surface area (Å²) in [6.07, 6.45) is 0.365. The van der Waals surface area contributed by atoms with Crippen molar-refractivity contribution in [2.75, 3.05) is 46.0 Å². The highest BCUT2D eigenvalue weighted by molar-refractivity contribution is 8.00. The fourth-order valence-electron chi connectivity index (χ4n) is 5.50. The van der Waals surface area contributed by atoms with Crippen molar-refractivity contribution in [3.05, 3.63) is 47.3 Å². The van der Waals surface area contributed by atoms with Crippen LogP contribution in [0.1, 0.15) is 40.2 Å². The minimum Gasteiger partial charge on any atom is -0.372 e. The van der Waals surface area contributed by atoms with E-state index in [0.29, 0.717) is 6.42 Å². The Hall–Kier alpha value is -2.15. The average Bonchev–Trinajstić information content (AvgIpc) is 2.81. The average molecular weight is 459 g/mol. The Morgan fingerprint density at radius 3 is 1.69 bits per heavy atom. The summed E-state index contributed by atoms with van der Waals surface area (Å²) in [5.74, 6) is 0.600. The molecule has 3 aliphatic heterocycles. The van der Waals surface area contributed by atoms with E-state index in [4.69, 9.17) is 0 Å². The van der Waals surface area contributed by atoms with Gasteiger partial charge in [-0.25, -0.2) is 0 Å².